The van der Waals surface area contributed by atoms with Gasteiger partial charge in [0.05, 0.1) is 0 Å². The summed E-state index contributed by atoms with van der Waals surface area (Å²) in [6.45, 7) is 9.04. The van der Waals surface area contributed by atoms with E-state index in [0.717, 1.165) is 0 Å². The van der Waals surface area contributed by atoms with E-state index in [4.69, 9.17) is 9.59 Å². The maximum absolute atomic E-state index is 10.4. The quantitative estimate of drug-likeness (QED) is 0.248. The smallest absolute Gasteiger partial charge is 0.137 e. The van der Waals surface area contributed by atoms with Gasteiger partial charge in [0.25, 0.3) is 0 Å². The molecule has 0 aromatic rings. The molecule has 2 radical (unpaired) electrons. The first-order valence-corrected chi connectivity index (χ1v) is 5.06. The fourth-order valence-corrected chi connectivity index (χ4v) is 0.374. The second kappa shape index (κ2) is 49.5. The Balaban J connectivity index is -0.0000000195. The van der Waals surface area contributed by atoms with Crippen molar-refractivity contribution in [3.05, 3.63) is 6.92 Å². The molecule has 0 heterocycles. The van der Waals surface area contributed by atoms with Crippen LogP contribution in [0.1, 0.15) is 53.9 Å². The SMILES string of the molecule is C.CCC.I.O=[C-]C[C-]=O.[CH2-]C(=O)CC(=O)CC.[W].[Y].[Y]. The first-order valence-electron chi connectivity index (χ1n) is 5.06. The maximum atomic E-state index is 10.4. The number of carbonyl (C=O) groups excluding carboxylic acids is 4. The summed E-state index contributed by atoms with van der Waals surface area (Å²) in [7, 11) is 0. The molecule has 0 aromatic carbocycles. The monoisotopic (exact) mass is 733 g/mol. The van der Waals surface area contributed by atoms with E-state index in [-0.39, 0.29) is 142 Å². The van der Waals surface area contributed by atoms with Gasteiger partial charge in [-0.25, -0.2) is 0 Å². The van der Waals surface area contributed by atoms with Crippen LogP contribution in [0.15, 0.2) is 0 Å². The summed E-state index contributed by atoms with van der Waals surface area (Å²) in [5.41, 5.74) is 0. The average molecular weight is 733 g/mol. The number of ketones is 2. The maximum Gasteiger partial charge on any atom is 0.137 e. The van der Waals surface area contributed by atoms with Crippen LogP contribution in [-0.2, 0) is 106 Å². The van der Waals surface area contributed by atoms with E-state index in [1.807, 2.05) is 0 Å². The molecule has 0 saturated heterocycles. The minimum atomic E-state index is -0.295. The van der Waals surface area contributed by atoms with E-state index >= 15 is 0 Å². The third kappa shape index (κ3) is 87.2. The normalized spacial score (nSPS) is 5.67. The number of halogens is 1. The molecular formula is C13H24IO4WY2-3. The van der Waals surface area contributed by atoms with Gasteiger partial charge in [-0.2, -0.15) is 0 Å². The van der Waals surface area contributed by atoms with Crippen molar-refractivity contribution in [3.8, 4) is 0 Å². The second-order valence-electron chi connectivity index (χ2n) is 2.78. The Morgan fingerprint density at radius 1 is 1.00 bits per heavy atom. The van der Waals surface area contributed by atoms with E-state index in [1.54, 1.807) is 6.92 Å². The molecule has 0 amide bonds. The topological polar surface area (TPSA) is 68.3 Å². The van der Waals surface area contributed by atoms with Crippen molar-refractivity contribution in [2.24, 2.45) is 0 Å². The first-order chi connectivity index (χ1) is 7.49. The fourth-order valence-electron chi connectivity index (χ4n) is 0.374. The molecule has 0 spiro atoms. The Morgan fingerprint density at radius 2 is 1.29 bits per heavy atom. The average Bonchev–Trinajstić information content (AvgIpc) is 2.20. The van der Waals surface area contributed by atoms with Crippen molar-refractivity contribution >= 4 is 48.1 Å². The van der Waals surface area contributed by atoms with Crippen molar-refractivity contribution in [3.63, 3.8) is 0 Å². The molecule has 0 saturated carbocycles. The molecule has 21 heavy (non-hydrogen) atoms. The van der Waals surface area contributed by atoms with Crippen molar-refractivity contribution in [1.29, 1.82) is 0 Å². The van der Waals surface area contributed by atoms with Gasteiger partial charge in [-0.05, 0) is 0 Å². The van der Waals surface area contributed by atoms with Crippen LogP contribution in [0.5, 0.6) is 0 Å². The van der Waals surface area contributed by atoms with Crippen LogP contribution in [-0.4, -0.2) is 24.1 Å². The van der Waals surface area contributed by atoms with Gasteiger partial charge >= 0.3 is 0 Å². The molecule has 0 aliphatic carbocycles. The molecule has 0 N–H and O–H groups in total. The first kappa shape index (κ1) is 49.5. The molecule has 0 aliphatic heterocycles. The summed E-state index contributed by atoms with van der Waals surface area (Å²) in [5.74, 6) is -0.332. The van der Waals surface area contributed by atoms with Gasteiger partial charge in [0.2, 0.25) is 0 Å². The van der Waals surface area contributed by atoms with Crippen molar-refractivity contribution < 1.29 is 106 Å². The summed E-state index contributed by atoms with van der Waals surface area (Å²) in [4.78, 5) is 38.5. The fraction of sp³-hybridized carbons (Fsp3) is 0.615. The summed E-state index contributed by atoms with van der Waals surface area (Å²) in [5, 5.41) is 0. The Kier molecular flexibility index (Phi) is 117. The summed E-state index contributed by atoms with van der Waals surface area (Å²) in [6.07, 6.45) is 4.14. The number of hydrogen-bond acceptors (Lipinski definition) is 4. The van der Waals surface area contributed by atoms with Gasteiger partial charge in [-0.3, -0.25) is 23.8 Å². The number of hydrogen-bond donors (Lipinski definition) is 0. The van der Waals surface area contributed by atoms with Gasteiger partial charge in [-0.15, -0.1) is 24.0 Å². The van der Waals surface area contributed by atoms with Crippen LogP contribution in [0.3, 0.4) is 0 Å². The molecule has 0 bridgehead atoms. The van der Waals surface area contributed by atoms with Crippen LogP contribution >= 0.6 is 24.0 Å². The standard InChI is InChI=1S/C6H9O2.C3H2O2.C3H8.CH4.HI.W.2Y/c1-3-6(8)4-5(2)7;4-2-1-3-5;1-3-2;;;;;/h2-4H2,1H3;1H2;3H2,1-2H3;1H4;1H;;;/q-1;-2;;;;;;. The minimum Gasteiger partial charge on any atom is -0.544 e. The molecule has 0 aliphatic rings. The van der Waals surface area contributed by atoms with Gasteiger partial charge in [0, 0.05) is 105 Å². The molecule has 122 valence electrons. The Hall–Kier alpha value is 2.18. The third-order valence-electron chi connectivity index (χ3n) is 0.933. The van der Waals surface area contributed by atoms with E-state index in [0.29, 0.717) is 6.42 Å². The van der Waals surface area contributed by atoms with E-state index in [1.165, 1.54) is 19.0 Å². The van der Waals surface area contributed by atoms with Crippen molar-refractivity contribution in [2.75, 3.05) is 0 Å². The number of Topliss-reactive ketones (excluding diaryl/α,β-unsaturated/α-hetero) is 2. The van der Waals surface area contributed by atoms with Crippen LogP contribution in [0, 0.1) is 6.92 Å². The van der Waals surface area contributed by atoms with Crippen LogP contribution in [0.2, 0.25) is 0 Å². The molecule has 4 nitrogen and oxygen atoms in total. The van der Waals surface area contributed by atoms with Gasteiger partial charge < -0.3 is 21.3 Å². The Labute approximate surface area is 211 Å². The van der Waals surface area contributed by atoms with Crippen LogP contribution in [0.4, 0.5) is 0 Å². The number of carbonyl (C=O) groups is 2. The molecule has 0 unspecified atom stereocenters. The van der Waals surface area contributed by atoms with Crippen molar-refractivity contribution in [1.82, 2.24) is 0 Å². The predicted octanol–water partition coefficient (Wildman–Crippen LogP) is 3.02. The summed E-state index contributed by atoms with van der Waals surface area (Å²) >= 11 is 0. The molecule has 0 aromatic heterocycles. The van der Waals surface area contributed by atoms with Gasteiger partial charge in [-0.1, -0.05) is 34.6 Å². The molecular weight excluding hydrogens is 709 g/mol. The van der Waals surface area contributed by atoms with Crippen LogP contribution in [0.25, 0.3) is 0 Å². The van der Waals surface area contributed by atoms with Crippen LogP contribution < -0.4 is 0 Å². The van der Waals surface area contributed by atoms with Gasteiger partial charge in [0.15, 0.2) is 0 Å². The largest absolute Gasteiger partial charge is 0.544 e. The zero-order chi connectivity index (χ0) is 13.4. The summed E-state index contributed by atoms with van der Waals surface area (Å²) < 4.78 is 0. The van der Waals surface area contributed by atoms with E-state index in [2.05, 4.69) is 20.8 Å². The second-order valence-corrected chi connectivity index (χ2v) is 2.78. The van der Waals surface area contributed by atoms with Crippen molar-refractivity contribution in [2.45, 2.75) is 53.9 Å². The van der Waals surface area contributed by atoms with E-state index in [9.17, 15) is 9.59 Å². The predicted molar refractivity (Wildman–Crippen MR) is 84.4 cm³/mol. The minimum absolute atomic E-state index is 0. The van der Waals surface area contributed by atoms with Gasteiger partial charge in [0.1, 0.15) is 5.78 Å². The Bertz CT molecular complexity index is 212. The zero-order valence-corrected chi connectivity index (χ0v) is 23.1. The van der Waals surface area contributed by atoms with E-state index < -0.39 is 0 Å². The summed E-state index contributed by atoms with van der Waals surface area (Å²) in [6, 6.07) is 0. The molecule has 8 heteroatoms. The molecule has 0 rings (SSSR count). The Morgan fingerprint density at radius 3 is 1.33 bits per heavy atom. The zero-order valence-electron chi connectivity index (χ0n) is 12.1. The number of rotatable bonds is 5. The third-order valence-corrected chi connectivity index (χ3v) is 0.933. The molecule has 0 fully saturated rings. The molecule has 0 atom stereocenters.